The van der Waals surface area contributed by atoms with Gasteiger partial charge in [-0.1, -0.05) is 102 Å². The van der Waals surface area contributed by atoms with Crippen LogP contribution in [0.25, 0.3) is 0 Å². The van der Waals surface area contributed by atoms with Crippen LogP contribution in [0.2, 0.25) is 0 Å². The van der Waals surface area contributed by atoms with E-state index in [9.17, 15) is 0 Å². The summed E-state index contributed by atoms with van der Waals surface area (Å²) in [5, 5.41) is 0. The smallest absolute Gasteiger partial charge is 0.0250 e. The van der Waals surface area contributed by atoms with Gasteiger partial charge in [0.15, 0.2) is 0 Å². The molecule has 0 atom stereocenters. The highest BCUT2D eigenvalue weighted by molar-refractivity contribution is 5.22. The lowest BCUT2D eigenvalue weighted by Crippen LogP contribution is -2.23. The summed E-state index contributed by atoms with van der Waals surface area (Å²) in [7, 11) is 0. The molecule has 1 aromatic rings. The molecule has 0 spiro atoms. The highest BCUT2D eigenvalue weighted by Gasteiger charge is 2.29. The highest BCUT2D eigenvalue weighted by atomic mass is 14.3. The summed E-state index contributed by atoms with van der Waals surface area (Å²) < 4.78 is 0. The molecule has 0 aromatic heterocycles. The maximum Gasteiger partial charge on any atom is -0.0250 e. The van der Waals surface area contributed by atoms with E-state index in [0.29, 0.717) is 0 Å². The van der Waals surface area contributed by atoms with Crippen molar-refractivity contribution >= 4 is 0 Å². The molecule has 0 aliphatic heterocycles. The van der Waals surface area contributed by atoms with Crippen LogP contribution in [0.5, 0.6) is 0 Å². The number of hydrogen-bond donors (Lipinski definition) is 0. The van der Waals surface area contributed by atoms with E-state index in [0.717, 1.165) is 41.9 Å². The van der Waals surface area contributed by atoms with E-state index >= 15 is 0 Å². The molecule has 0 heterocycles. The zero-order valence-corrected chi connectivity index (χ0v) is 20.1. The van der Waals surface area contributed by atoms with Gasteiger partial charge in [-0.2, -0.15) is 0 Å². The standard InChI is InChI=1S/C30H48/c1-3-24-8-10-26(11-9-24)21-28-16-18-30(19-17-28)22-29-14-12-27(13-15-29)20-25-6-4-23(2)5-7-25/h8-11,23,25,27-30H,3-7,12-22H2,1-2H3. The number of hydrogen-bond acceptors (Lipinski definition) is 0. The van der Waals surface area contributed by atoms with Crippen LogP contribution < -0.4 is 0 Å². The fraction of sp³-hybridized carbons (Fsp3) is 0.800. The van der Waals surface area contributed by atoms with Crippen LogP contribution in [-0.4, -0.2) is 0 Å². The summed E-state index contributed by atoms with van der Waals surface area (Å²) in [5.74, 6) is 6.22. The van der Waals surface area contributed by atoms with E-state index in [1.807, 2.05) is 0 Å². The van der Waals surface area contributed by atoms with E-state index < -0.39 is 0 Å². The summed E-state index contributed by atoms with van der Waals surface area (Å²) in [6, 6.07) is 9.45. The van der Waals surface area contributed by atoms with Gasteiger partial charge in [0.1, 0.15) is 0 Å². The van der Waals surface area contributed by atoms with E-state index in [2.05, 4.69) is 38.1 Å². The predicted molar refractivity (Wildman–Crippen MR) is 131 cm³/mol. The van der Waals surface area contributed by atoms with Crippen molar-refractivity contribution in [3.63, 3.8) is 0 Å². The largest absolute Gasteiger partial charge is 0.0625 e. The number of rotatable bonds is 7. The summed E-state index contributed by atoms with van der Waals surface area (Å²) in [6.07, 6.45) is 23.9. The molecule has 0 unspecified atom stereocenters. The topological polar surface area (TPSA) is 0 Å². The minimum Gasteiger partial charge on any atom is -0.0625 e. The van der Waals surface area contributed by atoms with E-state index in [1.54, 1.807) is 44.1 Å². The molecule has 4 rings (SSSR count). The molecule has 0 nitrogen and oxygen atoms in total. The molecular weight excluding hydrogens is 360 g/mol. The molecule has 0 radical (unpaired) electrons. The highest BCUT2D eigenvalue weighted by Crippen LogP contribution is 2.42. The molecule has 3 saturated carbocycles. The van der Waals surface area contributed by atoms with Crippen molar-refractivity contribution in [2.75, 3.05) is 0 Å². The van der Waals surface area contributed by atoms with Crippen LogP contribution in [0.1, 0.15) is 115 Å². The molecule has 0 amide bonds. The number of aryl methyl sites for hydroxylation is 1. The third-order valence-electron chi connectivity index (χ3n) is 9.36. The average molecular weight is 409 g/mol. The van der Waals surface area contributed by atoms with E-state index in [4.69, 9.17) is 0 Å². The van der Waals surface area contributed by atoms with Gasteiger partial charge in [0.2, 0.25) is 0 Å². The van der Waals surface area contributed by atoms with Crippen LogP contribution in [0.4, 0.5) is 0 Å². The van der Waals surface area contributed by atoms with Crippen molar-refractivity contribution in [2.45, 2.75) is 117 Å². The van der Waals surface area contributed by atoms with Gasteiger partial charge in [-0.25, -0.2) is 0 Å². The maximum absolute atomic E-state index is 2.46. The van der Waals surface area contributed by atoms with E-state index in [-0.39, 0.29) is 0 Å². The SMILES string of the molecule is CCc1ccc(CC2CCC(CC3CCC(CC4CCC(C)CC4)CC3)CC2)cc1. The number of benzene rings is 1. The molecule has 0 N–H and O–H groups in total. The van der Waals surface area contributed by atoms with Crippen molar-refractivity contribution in [1.29, 1.82) is 0 Å². The monoisotopic (exact) mass is 408 g/mol. The average Bonchev–Trinajstić information content (AvgIpc) is 2.78. The first-order valence-electron chi connectivity index (χ1n) is 13.8. The lowest BCUT2D eigenvalue weighted by atomic mass is 9.70. The molecule has 0 heteroatoms. The van der Waals surface area contributed by atoms with Gasteiger partial charge in [-0.3, -0.25) is 0 Å². The molecule has 0 saturated heterocycles. The normalized spacial score (nSPS) is 35.3. The second-order valence-electron chi connectivity index (χ2n) is 11.7. The van der Waals surface area contributed by atoms with Gasteiger partial charge < -0.3 is 0 Å². The van der Waals surface area contributed by atoms with Gasteiger partial charge >= 0.3 is 0 Å². The Morgan fingerprint density at radius 2 is 0.900 bits per heavy atom. The summed E-state index contributed by atoms with van der Waals surface area (Å²) >= 11 is 0. The van der Waals surface area contributed by atoms with Gasteiger partial charge in [0.25, 0.3) is 0 Å². The van der Waals surface area contributed by atoms with Crippen molar-refractivity contribution in [1.82, 2.24) is 0 Å². The summed E-state index contributed by atoms with van der Waals surface area (Å²) in [4.78, 5) is 0. The van der Waals surface area contributed by atoms with Crippen molar-refractivity contribution in [2.24, 2.45) is 35.5 Å². The Labute approximate surface area is 187 Å². The van der Waals surface area contributed by atoms with Crippen molar-refractivity contribution in [3.05, 3.63) is 35.4 Å². The van der Waals surface area contributed by atoms with Gasteiger partial charge in [-0.05, 0) is 85.2 Å². The Morgan fingerprint density at radius 1 is 0.533 bits per heavy atom. The molecule has 3 aliphatic carbocycles. The molecule has 30 heavy (non-hydrogen) atoms. The van der Waals surface area contributed by atoms with Crippen LogP contribution in [0.15, 0.2) is 24.3 Å². The molecular formula is C30H48. The van der Waals surface area contributed by atoms with Crippen molar-refractivity contribution in [3.8, 4) is 0 Å². The van der Waals surface area contributed by atoms with Crippen LogP contribution >= 0.6 is 0 Å². The quantitative estimate of drug-likeness (QED) is 0.422. The van der Waals surface area contributed by atoms with Crippen LogP contribution in [0.3, 0.4) is 0 Å². The minimum atomic E-state index is 0.947. The second kappa shape index (κ2) is 11.2. The third kappa shape index (κ3) is 6.61. The van der Waals surface area contributed by atoms with Crippen LogP contribution in [-0.2, 0) is 12.8 Å². The first-order valence-corrected chi connectivity index (χ1v) is 13.8. The molecule has 0 bridgehead atoms. The maximum atomic E-state index is 2.46. The Balaban J connectivity index is 1.11. The third-order valence-corrected chi connectivity index (χ3v) is 9.36. The molecule has 1 aromatic carbocycles. The zero-order chi connectivity index (χ0) is 20.8. The Bertz CT molecular complexity index is 589. The Kier molecular flexibility index (Phi) is 8.36. The lowest BCUT2D eigenvalue weighted by molar-refractivity contribution is 0.166. The van der Waals surface area contributed by atoms with Crippen molar-refractivity contribution < 1.29 is 0 Å². The zero-order valence-electron chi connectivity index (χ0n) is 20.1. The Morgan fingerprint density at radius 3 is 1.33 bits per heavy atom. The predicted octanol–water partition coefficient (Wildman–Crippen LogP) is 9.01. The fourth-order valence-electron chi connectivity index (χ4n) is 7.13. The molecule has 3 fully saturated rings. The lowest BCUT2D eigenvalue weighted by Gasteiger charge is -2.36. The van der Waals surface area contributed by atoms with E-state index in [1.165, 1.54) is 63.4 Å². The summed E-state index contributed by atoms with van der Waals surface area (Å²) in [5.41, 5.74) is 3.05. The molecule has 168 valence electrons. The first kappa shape index (κ1) is 22.4. The van der Waals surface area contributed by atoms with Gasteiger partial charge in [0.05, 0.1) is 0 Å². The van der Waals surface area contributed by atoms with Gasteiger partial charge in [-0.15, -0.1) is 0 Å². The summed E-state index contributed by atoms with van der Waals surface area (Å²) in [6.45, 7) is 4.71. The molecule has 3 aliphatic rings. The van der Waals surface area contributed by atoms with Crippen LogP contribution in [0, 0.1) is 35.5 Å². The van der Waals surface area contributed by atoms with Gasteiger partial charge in [0, 0.05) is 0 Å². The Hall–Kier alpha value is -0.780. The minimum absolute atomic E-state index is 0.947. The second-order valence-corrected chi connectivity index (χ2v) is 11.7. The fourth-order valence-corrected chi connectivity index (χ4v) is 7.13. The first-order chi connectivity index (χ1) is 14.7.